The minimum Gasteiger partial charge on any atom is -0.296 e. The first kappa shape index (κ1) is 8.44. The van der Waals surface area contributed by atoms with Crippen molar-refractivity contribution in [3.05, 3.63) is 26.6 Å². The molecule has 0 saturated heterocycles. The third kappa shape index (κ3) is 1.04. The lowest BCUT2D eigenvalue weighted by Gasteiger charge is -2.00. The molecule has 0 radical (unpaired) electrons. The van der Waals surface area contributed by atoms with Crippen molar-refractivity contribution >= 4 is 33.2 Å². The molecule has 3 heterocycles. The Kier molecular flexibility index (Phi) is 1.69. The maximum atomic E-state index is 11.9. The maximum Gasteiger partial charge on any atom is 0.262 e. The zero-order chi connectivity index (χ0) is 9.71. The second-order valence-corrected chi connectivity index (χ2v) is 5.02. The summed E-state index contributed by atoms with van der Waals surface area (Å²) in [5.41, 5.74) is 0.0608. The lowest BCUT2D eigenvalue weighted by molar-refractivity contribution is 0.720. The van der Waals surface area contributed by atoms with E-state index >= 15 is 0 Å². The zero-order valence-electron chi connectivity index (χ0n) is 7.29. The van der Waals surface area contributed by atoms with Crippen LogP contribution in [0, 0.1) is 0 Å². The Labute approximate surface area is 89.0 Å². The van der Waals surface area contributed by atoms with Crippen molar-refractivity contribution in [2.45, 2.75) is 19.4 Å². The number of hydrogen-bond donors (Lipinski definition) is 0. The first-order chi connectivity index (χ1) is 6.75. The van der Waals surface area contributed by atoms with E-state index in [1.807, 2.05) is 0 Å². The highest BCUT2D eigenvalue weighted by Gasteiger charge is 2.17. The number of nitrogens with zero attached hydrogens (tertiary/aromatic N) is 2. The Bertz CT molecular complexity index is 572. The standard InChI is InChI=1S/C9H7ClN2OS/c10-6-4-5-8(14-6)11-7-2-1-3-12(7)9(5)13/h4H,1-3H2. The van der Waals surface area contributed by atoms with Crippen LogP contribution in [0.5, 0.6) is 0 Å². The number of hydrogen-bond acceptors (Lipinski definition) is 3. The fourth-order valence-electron chi connectivity index (χ4n) is 1.85. The third-order valence-electron chi connectivity index (χ3n) is 2.48. The minimum absolute atomic E-state index is 0.0608. The van der Waals surface area contributed by atoms with Crippen LogP contribution in [0.3, 0.4) is 0 Å². The van der Waals surface area contributed by atoms with Crippen molar-refractivity contribution in [2.24, 2.45) is 0 Å². The quantitative estimate of drug-likeness (QED) is 0.689. The van der Waals surface area contributed by atoms with Crippen LogP contribution in [-0.2, 0) is 13.0 Å². The van der Waals surface area contributed by atoms with E-state index in [1.54, 1.807) is 10.6 Å². The van der Waals surface area contributed by atoms with Crippen molar-refractivity contribution in [3.63, 3.8) is 0 Å². The zero-order valence-corrected chi connectivity index (χ0v) is 8.86. The molecule has 0 atom stereocenters. The predicted octanol–water partition coefficient (Wildman–Crippen LogP) is 2.06. The molecule has 0 spiro atoms. The molecule has 5 heteroatoms. The van der Waals surface area contributed by atoms with Crippen LogP contribution in [-0.4, -0.2) is 9.55 Å². The largest absolute Gasteiger partial charge is 0.296 e. The van der Waals surface area contributed by atoms with Gasteiger partial charge in [0.25, 0.3) is 5.56 Å². The highest BCUT2D eigenvalue weighted by atomic mass is 35.5. The molecule has 3 rings (SSSR count). The van der Waals surface area contributed by atoms with Crippen molar-refractivity contribution < 1.29 is 0 Å². The van der Waals surface area contributed by atoms with Crippen LogP contribution < -0.4 is 5.56 Å². The number of aromatic nitrogens is 2. The maximum absolute atomic E-state index is 11.9. The van der Waals surface area contributed by atoms with E-state index in [1.165, 1.54) is 11.3 Å². The summed E-state index contributed by atoms with van der Waals surface area (Å²) in [6.07, 6.45) is 1.92. The highest BCUT2D eigenvalue weighted by molar-refractivity contribution is 7.22. The summed E-state index contributed by atoms with van der Waals surface area (Å²) < 4.78 is 2.39. The third-order valence-corrected chi connectivity index (χ3v) is 3.64. The summed E-state index contributed by atoms with van der Waals surface area (Å²) in [6, 6.07) is 1.71. The summed E-state index contributed by atoms with van der Waals surface area (Å²) in [5, 5.41) is 0.658. The number of halogens is 1. The average Bonchev–Trinajstić information content (AvgIpc) is 2.71. The SMILES string of the molecule is O=c1c2cc(Cl)sc2nc2n1CCC2. The molecule has 0 fully saturated rings. The van der Waals surface area contributed by atoms with Gasteiger partial charge in [-0.3, -0.25) is 9.36 Å². The van der Waals surface area contributed by atoms with E-state index in [4.69, 9.17) is 11.6 Å². The van der Waals surface area contributed by atoms with Gasteiger partial charge in [-0.2, -0.15) is 0 Å². The monoisotopic (exact) mass is 226 g/mol. The van der Waals surface area contributed by atoms with Gasteiger partial charge in [-0.05, 0) is 12.5 Å². The van der Waals surface area contributed by atoms with E-state index in [0.29, 0.717) is 9.72 Å². The van der Waals surface area contributed by atoms with Crippen LogP contribution in [0.2, 0.25) is 4.34 Å². The van der Waals surface area contributed by atoms with Gasteiger partial charge in [-0.1, -0.05) is 11.6 Å². The summed E-state index contributed by atoms with van der Waals surface area (Å²) >= 11 is 7.22. The molecule has 0 bridgehead atoms. The number of aryl methyl sites for hydroxylation is 1. The Balaban J connectivity index is 2.49. The molecular formula is C9H7ClN2OS. The van der Waals surface area contributed by atoms with Gasteiger partial charge in [0.15, 0.2) is 0 Å². The van der Waals surface area contributed by atoms with Crippen molar-refractivity contribution in [1.29, 1.82) is 0 Å². The van der Waals surface area contributed by atoms with Crippen LogP contribution in [0.25, 0.3) is 10.2 Å². The highest BCUT2D eigenvalue weighted by Crippen LogP contribution is 2.26. The van der Waals surface area contributed by atoms with E-state index in [0.717, 1.165) is 30.0 Å². The van der Waals surface area contributed by atoms with E-state index in [-0.39, 0.29) is 5.56 Å². The van der Waals surface area contributed by atoms with Gasteiger partial charge in [0.1, 0.15) is 10.7 Å². The van der Waals surface area contributed by atoms with Crippen molar-refractivity contribution in [1.82, 2.24) is 9.55 Å². The van der Waals surface area contributed by atoms with Crippen molar-refractivity contribution in [2.75, 3.05) is 0 Å². The summed E-state index contributed by atoms with van der Waals surface area (Å²) in [4.78, 5) is 17.1. The summed E-state index contributed by atoms with van der Waals surface area (Å²) in [5.74, 6) is 0.904. The van der Waals surface area contributed by atoms with Gasteiger partial charge < -0.3 is 0 Å². The number of thiophene rings is 1. The van der Waals surface area contributed by atoms with Gasteiger partial charge in [-0.25, -0.2) is 4.98 Å². The molecule has 1 aliphatic heterocycles. The Morgan fingerprint density at radius 1 is 1.57 bits per heavy atom. The first-order valence-corrected chi connectivity index (χ1v) is 5.64. The topological polar surface area (TPSA) is 34.9 Å². The normalized spacial score (nSPS) is 14.9. The summed E-state index contributed by atoms with van der Waals surface area (Å²) in [6.45, 7) is 0.796. The van der Waals surface area contributed by atoms with E-state index in [2.05, 4.69) is 4.98 Å². The molecule has 0 unspecified atom stereocenters. The van der Waals surface area contributed by atoms with Gasteiger partial charge in [0, 0.05) is 13.0 Å². The van der Waals surface area contributed by atoms with E-state index < -0.39 is 0 Å². The van der Waals surface area contributed by atoms with Crippen molar-refractivity contribution in [3.8, 4) is 0 Å². The van der Waals surface area contributed by atoms with E-state index in [9.17, 15) is 4.79 Å². The number of rotatable bonds is 0. The molecule has 72 valence electrons. The molecule has 0 aromatic carbocycles. The lowest BCUT2D eigenvalue weighted by Crippen LogP contribution is -2.19. The molecule has 14 heavy (non-hydrogen) atoms. The minimum atomic E-state index is 0.0608. The summed E-state index contributed by atoms with van der Waals surface area (Å²) in [7, 11) is 0. The molecule has 0 aliphatic carbocycles. The fourth-order valence-corrected chi connectivity index (χ4v) is 2.94. The molecule has 0 amide bonds. The van der Waals surface area contributed by atoms with Gasteiger partial charge in [0.2, 0.25) is 0 Å². The molecule has 2 aromatic heterocycles. The Morgan fingerprint density at radius 3 is 3.29 bits per heavy atom. The number of fused-ring (bicyclic) bond motifs is 2. The van der Waals surface area contributed by atoms with Crippen LogP contribution >= 0.6 is 22.9 Å². The molecule has 0 N–H and O–H groups in total. The van der Waals surface area contributed by atoms with Gasteiger partial charge in [-0.15, -0.1) is 11.3 Å². The van der Waals surface area contributed by atoms with Crippen LogP contribution in [0.15, 0.2) is 10.9 Å². The lowest BCUT2D eigenvalue weighted by atomic mass is 10.3. The smallest absolute Gasteiger partial charge is 0.262 e. The first-order valence-electron chi connectivity index (χ1n) is 4.44. The second-order valence-electron chi connectivity index (χ2n) is 3.36. The fraction of sp³-hybridized carbons (Fsp3) is 0.333. The van der Waals surface area contributed by atoms with Crippen LogP contribution in [0.4, 0.5) is 0 Å². The van der Waals surface area contributed by atoms with Crippen LogP contribution in [0.1, 0.15) is 12.2 Å². The average molecular weight is 227 g/mol. The molecular weight excluding hydrogens is 220 g/mol. The Hall–Kier alpha value is -0.870. The molecule has 0 saturated carbocycles. The molecule has 2 aromatic rings. The van der Waals surface area contributed by atoms with Gasteiger partial charge >= 0.3 is 0 Å². The second kappa shape index (κ2) is 2.81. The Morgan fingerprint density at radius 2 is 2.43 bits per heavy atom. The molecule has 3 nitrogen and oxygen atoms in total. The van der Waals surface area contributed by atoms with Gasteiger partial charge in [0.05, 0.1) is 9.72 Å². The predicted molar refractivity (Wildman–Crippen MR) is 57.2 cm³/mol. The molecule has 1 aliphatic rings.